The summed E-state index contributed by atoms with van der Waals surface area (Å²) < 4.78 is 5.74. The fourth-order valence-corrected chi connectivity index (χ4v) is 5.17. The maximum atomic E-state index is 13.0. The Kier molecular flexibility index (Phi) is 8.78. The highest BCUT2D eigenvalue weighted by molar-refractivity contribution is 6.30. The predicted molar refractivity (Wildman–Crippen MR) is 152 cm³/mol. The van der Waals surface area contributed by atoms with E-state index in [1.54, 1.807) is 0 Å². The van der Waals surface area contributed by atoms with E-state index in [1.165, 1.54) is 11.1 Å². The van der Waals surface area contributed by atoms with Gasteiger partial charge >= 0.3 is 6.09 Å². The number of hydrogen-bond donors (Lipinski definition) is 1. The van der Waals surface area contributed by atoms with Crippen LogP contribution < -0.4 is 10.6 Å². The SMILES string of the molecule is CC(C)(C)OC(=O)N1C[C@@H](Cc2ccccc2)[C@H](CN(Cc2cccc(CN)c2)c2ccc(Cl)cc2)C1. The molecule has 5 nitrogen and oxygen atoms in total. The number of ether oxygens (including phenoxy) is 1. The molecular formula is C31H38ClN3O2. The fourth-order valence-electron chi connectivity index (χ4n) is 5.04. The van der Waals surface area contributed by atoms with Crippen molar-refractivity contribution in [2.45, 2.75) is 45.9 Å². The van der Waals surface area contributed by atoms with Gasteiger partial charge in [-0.15, -0.1) is 0 Å². The molecule has 4 rings (SSSR count). The van der Waals surface area contributed by atoms with Gasteiger partial charge in [-0.05, 0) is 80.0 Å². The first-order chi connectivity index (χ1) is 17.7. The van der Waals surface area contributed by atoms with Crippen LogP contribution in [0.5, 0.6) is 0 Å². The zero-order valence-corrected chi connectivity index (χ0v) is 22.8. The molecule has 196 valence electrons. The van der Waals surface area contributed by atoms with Crippen molar-refractivity contribution in [3.05, 3.63) is 101 Å². The summed E-state index contributed by atoms with van der Waals surface area (Å²) in [5.41, 5.74) is 10.1. The molecule has 0 aliphatic carbocycles. The van der Waals surface area contributed by atoms with Gasteiger partial charge in [-0.3, -0.25) is 0 Å². The predicted octanol–water partition coefficient (Wildman–Crippen LogP) is 6.53. The van der Waals surface area contributed by atoms with Crippen LogP contribution in [0.1, 0.15) is 37.5 Å². The molecule has 0 saturated carbocycles. The molecular weight excluding hydrogens is 482 g/mol. The molecule has 1 heterocycles. The smallest absolute Gasteiger partial charge is 0.410 e. The summed E-state index contributed by atoms with van der Waals surface area (Å²) in [5.74, 6) is 0.598. The van der Waals surface area contributed by atoms with E-state index in [9.17, 15) is 4.79 Å². The van der Waals surface area contributed by atoms with E-state index in [0.717, 1.165) is 30.8 Å². The molecule has 1 saturated heterocycles. The van der Waals surface area contributed by atoms with Crippen molar-refractivity contribution in [1.29, 1.82) is 0 Å². The third-order valence-corrected chi connectivity index (χ3v) is 7.07. The van der Waals surface area contributed by atoms with Crippen molar-refractivity contribution in [3.63, 3.8) is 0 Å². The molecule has 37 heavy (non-hydrogen) atoms. The standard InChI is InChI=1S/C31H38ClN3O2/c1-31(2,3)37-30(36)35-20-26(17-23-8-5-4-6-9-23)27(22-35)21-34(29-14-12-28(32)13-15-29)19-25-11-7-10-24(16-25)18-33/h4-16,26-27H,17-22,33H2,1-3H3/t26-,27-/m1/s1. The second kappa shape index (κ2) is 12.0. The molecule has 1 amide bonds. The molecule has 0 radical (unpaired) electrons. The van der Waals surface area contributed by atoms with Gasteiger partial charge in [0.15, 0.2) is 0 Å². The zero-order chi connectivity index (χ0) is 26.4. The van der Waals surface area contributed by atoms with Crippen molar-refractivity contribution >= 4 is 23.4 Å². The molecule has 1 aliphatic rings. The van der Waals surface area contributed by atoms with Gasteiger partial charge in [0.2, 0.25) is 0 Å². The Morgan fingerprint density at radius 3 is 2.27 bits per heavy atom. The maximum Gasteiger partial charge on any atom is 0.410 e. The lowest BCUT2D eigenvalue weighted by Gasteiger charge is -2.30. The lowest BCUT2D eigenvalue weighted by atomic mass is 9.89. The minimum atomic E-state index is -0.520. The number of amides is 1. The Morgan fingerprint density at radius 2 is 1.59 bits per heavy atom. The fraction of sp³-hybridized carbons (Fsp3) is 0.387. The number of likely N-dealkylation sites (tertiary alicyclic amines) is 1. The van der Waals surface area contributed by atoms with E-state index in [0.29, 0.717) is 30.6 Å². The van der Waals surface area contributed by atoms with E-state index in [-0.39, 0.29) is 12.0 Å². The Balaban J connectivity index is 1.60. The molecule has 1 aliphatic heterocycles. The molecule has 3 aromatic carbocycles. The normalized spacial score (nSPS) is 17.6. The second-order valence-corrected chi connectivity index (χ2v) is 11.4. The summed E-state index contributed by atoms with van der Waals surface area (Å²) in [4.78, 5) is 17.3. The number of hydrogen-bond acceptors (Lipinski definition) is 4. The minimum absolute atomic E-state index is 0.234. The van der Waals surface area contributed by atoms with Crippen molar-refractivity contribution in [1.82, 2.24) is 4.90 Å². The molecule has 3 aromatic rings. The largest absolute Gasteiger partial charge is 0.444 e. The number of halogens is 1. The molecule has 0 spiro atoms. The topological polar surface area (TPSA) is 58.8 Å². The molecule has 0 aromatic heterocycles. The van der Waals surface area contributed by atoms with E-state index in [2.05, 4.69) is 65.6 Å². The lowest BCUT2D eigenvalue weighted by Crippen LogP contribution is -2.36. The van der Waals surface area contributed by atoms with Crippen LogP contribution in [-0.2, 0) is 24.2 Å². The van der Waals surface area contributed by atoms with Gasteiger partial charge in [0.25, 0.3) is 0 Å². The Labute approximate surface area is 226 Å². The van der Waals surface area contributed by atoms with Gasteiger partial charge in [-0.1, -0.05) is 66.2 Å². The van der Waals surface area contributed by atoms with Gasteiger partial charge in [0, 0.05) is 43.4 Å². The summed E-state index contributed by atoms with van der Waals surface area (Å²) in [7, 11) is 0. The third kappa shape index (κ3) is 7.73. The van der Waals surface area contributed by atoms with Crippen LogP contribution in [0.3, 0.4) is 0 Å². The average molecular weight is 520 g/mol. The van der Waals surface area contributed by atoms with Crippen molar-refractivity contribution in [2.75, 3.05) is 24.5 Å². The summed E-state index contributed by atoms with van der Waals surface area (Å²) >= 11 is 6.22. The van der Waals surface area contributed by atoms with Crippen LogP contribution in [0, 0.1) is 11.8 Å². The van der Waals surface area contributed by atoms with Crippen LogP contribution in [0.15, 0.2) is 78.9 Å². The lowest BCUT2D eigenvalue weighted by molar-refractivity contribution is 0.0284. The summed E-state index contributed by atoms with van der Waals surface area (Å²) in [6, 6.07) is 27.0. The monoisotopic (exact) mass is 519 g/mol. The maximum absolute atomic E-state index is 13.0. The number of anilines is 1. The molecule has 1 fully saturated rings. The Morgan fingerprint density at radius 1 is 0.946 bits per heavy atom. The van der Waals surface area contributed by atoms with Crippen LogP contribution >= 0.6 is 11.6 Å². The number of carbonyl (C=O) groups is 1. The molecule has 2 N–H and O–H groups in total. The number of nitrogens with two attached hydrogens (primary N) is 1. The quantitative estimate of drug-likeness (QED) is 0.367. The Bertz CT molecular complexity index is 1160. The molecule has 0 unspecified atom stereocenters. The minimum Gasteiger partial charge on any atom is -0.444 e. The first-order valence-electron chi connectivity index (χ1n) is 13.0. The van der Waals surface area contributed by atoms with Gasteiger partial charge in [0.05, 0.1) is 0 Å². The first-order valence-corrected chi connectivity index (χ1v) is 13.4. The molecule has 6 heteroatoms. The summed E-state index contributed by atoms with van der Waals surface area (Å²) in [6.07, 6.45) is 0.684. The van der Waals surface area contributed by atoms with E-state index in [4.69, 9.17) is 22.1 Å². The van der Waals surface area contributed by atoms with Gasteiger partial charge in [0.1, 0.15) is 5.60 Å². The summed E-state index contributed by atoms with van der Waals surface area (Å²) in [6.45, 7) is 9.17. The van der Waals surface area contributed by atoms with Gasteiger partial charge in [-0.25, -0.2) is 4.79 Å². The highest BCUT2D eigenvalue weighted by Gasteiger charge is 2.38. The average Bonchev–Trinajstić information content (AvgIpc) is 3.26. The third-order valence-electron chi connectivity index (χ3n) is 6.82. The molecule has 0 bridgehead atoms. The van der Waals surface area contributed by atoms with Crippen LogP contribution in [0.4, 0.5) is 10.5 Å². The van der Waals surface area contributed by atoms with Crippen LogP contribution in [0.25, 0.3) is 0 Å². The highest BCUT2D eigenvalue weighted by atomic mass is 35.5. The van der Waals surface area contributed by atoms with E-state index < -0.39 is 5.60 Å². The van der Waals surface area contributed by atoms with Crippen LogP contribution in [-0.4, -0.2) is 36.2 Å². The first kappa shape index (κ1) is 27.0. The Hall–Kier alpha value is -3.02. The summed E-state index contributed by atoms with van der Waals surface area (Å²) in [5, 5.41) is 0.716. The number of carbonyl (C=O) groups excluding carboxylic acids is 1. The number of benzene rings is 3. The highest BCUT2D eigenvalue weighted by Crippen LogP contribution is 2.31. The number of nitrogens with zero attached hydrogens (tertiary/aromatic N) is 2. The zero-order valence-electron chi connectivity index (χ0n) is 22.1. The van der Waals surface area contributed by atoms with Crippen molar-refractivity contribution in [3.8, 4) is 0 Å². The van der Waals surface area contributed by atoms with Crippen molar-refractivity contribution < 1.29 is 9.53 Å². The second-order valence-electron chi connectivity index (χ2n) is 11.0. The van der Waals surface area contributed by atoms with Crippen molar-refractivity contribution in [2.24, 2.45) is 17.6 Å². The van der Waals surface area contributed by atoms with Crippen LogP contribution in [0.2, 0.25) is 5.02 Å². The van der Waals surface area contributed by atoms with E-state index >= 15 is 0 Å². The number of rotatable bonds is 8. The van der Waals surface area contributed by atoms with Gasteiger partial charge < -0.3 is 20.3 Å². The molecule has 2 atom stereocenters. The van der Waals surface area contributed by atoms with E-state index in [1.807, 2.05) is 43.9 Å². The van der Waals surface area contributed by atoms with Gasteiger partial charge in [-0.2, -0.15) is 0 Å².